The van der Waals surface area contributed by atoms with Crippen LogP contribution in [-0.4, -0.2) is 11.0 Å². The van der Waals surface area contributed by atoms with Crippen LogP contribution in [0.15, 0.2) is 0 Å². The molecule has 0 radical (unpaired) electrons. The molecule has 0 saturated carbocycles. The first-order valence-electron chi connectivity index (χ1n) is 0. The van der Waals surface area contributed by atoms with E-state index in [-0.39, 0.29) is 44.3 Å². The van der Waals surface area contributed by atoms with E-state index in [4.69, 9.17) is 0 Å². The van der Waals surface area contributed by atoms with E-state index in [2.05, 4.69) is 0 Å². The van der Waals surface area contributed by atoms with Crippen molar-refractivity contribution in [3.63, 3.8) is 0 Å². The Morgan fingerprint density at radius 3 is 0.600 bits per heavy atom. The maximum Gasteiger partial charge on any atom is 0 e. The monoisotopic (exact) mass is 168 g/mol. The van der Waals surface area contributed by atoms with Gasteiger partial charge in [0.1, 0.15) is 0 Å². The molecule has 10 N–H and O–H groups in total. The molecule has 0 atom stereocenters. The molecule has 0 heterocycles. The topological polar surface area (TPSA) is 133 Å². The summed E-state index contributed by atoms with van der Waals surface area (Å²) in [7, 11) is 0. The maximum atomic E-state index is 0. The molecular formula is H10MoN2O2. The van der Waals surface area contributed by atoms with Crippen LogP contribution in [0.2, 0.25) is 0 Å². The van der Waals surface area contributed by atoms with Gasteiger partial charge in [-0.2, -0.15) is 0 Å². The van der Waals surface area contributed by atoms with Crippen molar-refractivity contribution >= 4 is 0 Å². The van der Waals surface area contributed by atoms with Crippen molar-refractivity contribution in [1.29, 1.82) is 0 Å². The summed E-state index contributed by atoms with van der Waals surface area (Å²) in [6.07, 6.45) is 0. The fraction of sp³-hybridized carbons (Fsp3) is 0. The summed E-state index contributed by atoms with van der Waals surface area (Å²) in [5.74, 6) is 0. The van der Waals surface area contributed by atoms with E-state index < -0.39 is 0 Å². The minimum atomic E-state index is 0. The third-order valence-corrected chi connectivity index (χ3v) is 0. The Labute approximate surface area is 45.0 Å². The average molecular weight is 166 g/mol. The van der Waals surface area contributed by atoms with Crippen molar-refractivity contribution < 1.29 is 32.0 Å². The average Bonchev–Trinajstić information content (AvgIpc) is 0. The minimum absolute atomic E-state index is 0. The molecule has 0 fully saturated rings. The first-order valence-corrected chi connectivity index (χ1v) is 0. The van der Waals surface area contributed by atoms with Gasteiger partial charge in [-0.1, -0.05) is 0 Å². The Morgan fingerprint density at radius 1 is 0.600 bits per heavy atom. The number of rotatable bonds is 0. The number of hydrogen-bond acceptors (Lipinski definition) is 2. The molecule has 0 rings (SSSR count). The van der Waals surface area contributed by atoms with Crippen LogP contribution in [0.25, 0.3) is 0 Å². The van der Waals surface area contributed by atoms with E-state index in [0.29, 0.717) is 0 Å². The van der Waals surface area contributed by atoms with Crippen LogP contribution in [0.5, 0.6) is 0 Å². The van der Waals surface area contributed by atoms with E-state index in [1.807, 2.05) is 0 Å². The quantitative estimate of drug-likeness (QED) is 0.431. The summed E-state index contributed by atoms with van der Waals surface area (Å²) < 4.78 is 0. The summed E-state index contributed by atoms with van der Waals surface area (Å²) in [6, 6.07) is 0. The summed E-state index contributed by atoms with van der Waals surface area (Å²) >= 11 is 0. The molecule has 0 aliphatic rings. The zero-order valence-electron chi connectivity index (χ0n) is 2.82. The molecular weight excluding hydrogens is 156 g/mol. The molecule has 0 aromatic heterocycles. The van der Waals surface area contributed by atoms with Gasteiger partial charge in [-0.3, -0.25) is 0 Å². The number of hydrogen-bond donors (Lipinski definition) is 2. The second-order valence-electron chi connectivity index (χ2n) is 0. The van der Waals surface area contributed by atoms with Crippen molar-refractivity contribution in [2.75, 3.05) is 0 Å². The summed E-state index contributed by atoms with van der Waals surface area (Å²) in [5, 5.41) is 0. The minimum Gasteiger partial charge on any atom is -0.412 e. The standard InChI is InChI=1S/Mo.2H3N.2H2O/h;2*1H3;2*1H2. The van der Waals surface area contributed by atoms with Gasteiger partial charge in [0, 0.05) is 21.1 Å². The molecule has 5 heavy (non-hydrogen) atoms. The fourth-order valence-electron chi connectivity index (χ4n) is 0. The molecule has 0 saturated heterocycles. The molecule has 0 bridgehead atoms. The SMILES string of the molecule is N.N.O.O.[Mo]. The van der Waals surface area contributed by atoms with E-state index in [9.17, 15) is 0 Å². The molecule has 0 aliphatic heterocycles. The van der Waals surface area contributed by atoms with Gasteiger partial charge in [-0.25, -0.2) is 0 Å². The van der Waals surface area contributed by atoms with Crippen molar-refractivity contribution in [1.82, 2.24) is 12.3 Å². The molecule has 0 unspecified atom stereocenters. The van der Waals surface area contributed by atoms with Crippen LogP contribution in [0, 0.1) is 0 Å². The Hall–Kier alpha value is 0.528. The van der Waals surface area contributed by atoms with Gasteiger partial charge in [-0.05, 0) is 0 Å². The zero-order chi connectivity index (χ0) is 0. The van der Waals surface area contributed by atoms with Crippen molar-refractivity contribution in [3.05, 3.63) is 0 Å². The Kier molecular flexibility index (Phi) is 16400. The Morgan fingerprint density at radius 2 is 0.600 bits per heavy atom. The van der Waals surface area contributed by atoms with Gasteiger partial charge < -0.3 is 23.3 Å². The second kappa shape index (κ2) is 202. The van der Waals surface area contributed by atoms with Crippen molar-refractivity contribution in [2.24, 2.45) is 0 Å². The normalized spacial score (nSPS) is 0. The van der Waals surface area contributed by atoms with Crippen LogP contribution in [0.1, 0.15) is 0 Å². The summed E-state index contributed by atoms with van der Waals surface area (Å²) in [6.45, 7) is 0. The Balaban J connectivity index is 0. The molecule has 0 aliphatic carbocycles. The van der Waals surface area contributed by atoms with Crippen LogP contribution in [-0.2, 0) is 21.1 Å². The maximum absolute atomic E-state index is 0. The summed E-state index contributed by atoms with van der Waals surface area (Å²) in [4.78, 5) is 0. The van der Waals surface area contributed by atoms with Gasteiger partial charge in [0.15, 0.2) is 0 Å². The largest absolute Gasteiger partial charge is 0.412 e. The third-order valence-electron chi connectivity index (χ3n) is 0. The van der Waals surface area contributed by atoms with E-state index in [0.717, 1.165) is 0 Å². The van der Waals surface area contributed by atoms with Crippen LogP contribution in [0.3, 0.4) is 0 Å². The molecule has 0 amide bonds. The van der Waals surface area contributed by atoms with E-state index >= 15 is 0 Å². The van der Waals surface area contributed by atoms with Gasteiger partial charge in [0.2, 0.25) is 0 Å². The molecule has 0 aromatic carbocycles. The first kappa shape index (κ1) is 406. The van der Waals surface area contributed by atoms with Crippen molar-refractivity contribution in [2.45, 2.75) is 0 Å². The van der Waals surface area contributed by atoms with Gasteiger partial charge in [0.05, 0.1) is 0 Å². The first-order chi connectivity index (χ1) is 0. The predicted molar refractivity (Wildman–Crippen MR) is 17.3 cm³/mol. The zero-order valence-corrected chi connectivity index (χ0v) is 4.83. The Bertz CT molecular complexity index is 7.61. The van der Waals surface area contributed by atoms with Crippen molar-refractivity contribution in [3.8, 4) is 0 Å². The molecule has 38 valence electrons. The summed E-state index contributed by atoms with van der Waals surface area (Å²) in [5.41, 5.74) is 0. The molecule has 4 nitrogen and oxygen atoms in total. The van der Waals surface area contributed by atoms with Gasteiger partial charge in [0.25, 0.3) is 0 Å². The molecule has 0 aromatic rings. The van der Waals surface area contributed by atoms with Crippen LogP contribution < -0.4 is 12.3 Å². The molecule has 0 spiro atoms. The molecule has 5 heteroatoms. The third kappa shape index (κ3) is 104. The smallest absolute Gasteiger partial charge is 0 e. The van der Waals surface area contributed by atoms with E-state index in [1.54, 1.807) is 0 Å². The van der Waals surface area contributed by atoms with Crippen LogP contribution in [0.4, 0.5) is 0 Å². The fourth-order valence-corrected chi connectivity index (χ4v) is 0. The van der Waals surface area contributed by atoms with Crippen LogP contribution >= 0.6 is 0 Å². The van der Waals surface area contributed by atoms with Gasteiger partial charge >= 0.3 is 0 Å². The second-order valence-corrected chi connectivity index (χ2v) is 0. The predicted octanol–water partition coefficient (Wildman–Crippen LogP) is -1.33. The van der Waals surface area contributed by atoms with E-state index in [1.165, 1.54) is 0 Å². The van der Waals surface area contributed by atoms with Gasteiger partial charge in [-0.15, -0.1) is 0 Å².